The van der Waals surface area contributed by atoms with Crippen LogP contribution in [0.2, 0.25) is 0 Å². The molecule has 7 heteroatoms. The Bertz CT molecular complexity index is 380. The van der Waals surface area contributed by atoms with Crippen molar-refractivity contribution in [1.29, 1.82) is 0 Å². The van der Waals surface area contributed by atoms with E-state index in [1.807, 2.05) is 18.7 Å². The van der Waals surface area contributed by atoms with Crippen molar-refractivity contribution >= 4 is 23.8 Å². The van der Waals surface area contributed by atoms with Crippen molar-refractivity contribution in [2.75, 3.05) is 39.5 Å². The molecule has 0 saturated carbocycles. The minimum atomic E-state index is -0.204. The molecule has 1 heterocycles. The molecule has 1 amide bonds. The Kier molecular flexibility index (Phi) is 7.85. The lowest BCUT2D eigenvalue weighted by atomic mass is 10.1. The van der Waals surface area contributed by atoms with E-state index in [9.17, 15) is 4.79 Å². The number of carbonyl (C=O) groups excluding carboxylic acids is 1. The second kappa shape index (κ2) is 9.12. The average molecular weight is 330 g/mol. The van der Waals surface area contributed by atoms with Crippen LogP contribution in [0.1, 0.15) is 33.6 Å². The van der Waals surface area contributed by atoms with E-state index in [2.05, 4.69) is 35.7 Å². The number of nitrogens with one attached hydrogen (secondary N) is 2. The largest absolute Gasteiger partial charge is 0.450 e. The van der Waals surface area contributed by atoms with Crippen LogP contribution in [0.25, 0.3) is 0 Å². The number of amides is 1. The number of likely N-dealkylation sites (tertiary alicyclic amines) is 1. The number of piperidine rings is 1. The first-order valence-corrected chi connectivity index (χ1v) is 9.08. The van der Waals surface area contributed by atoms with Gasteiger partial charge in [-0.3, -0.25) is 4.99 Å². The third kappa shape index (κ3) is 6.34. The number of aliphatic imine (C=N–C) groups is 1. The second-order valence-electron chi connectivity index (χ2n) is 5.99. The molecule has 0 bridgehead atoms. The molecule has 1 rings (SSSR count). The highest BCUT2D eigenvalue weighted by molar-refractivity contribution is 7.99. The number of thioether (sulfide) groups is 1. The van der Waals surface area contributed by atoms with Crippen LogP contribution < -0.4 is 10.6 Å². The molecule has 1 fully saturated rings. The van der Waals surface area contributed by atoms with Crippen LogP contribution in [-0.4, -0.2) is 67.3 Å². The quantitative estimate of drug-likeness (QED) is 0.595. The van der Waals surface area contributed by atoms with Gasteiger partial charge in [-0.25, -0.2) is 4.79 Å². The van der Waals surface area contributed by atoms with Gasteiger partial charge >= 0.3 is 6.09 Å². The molecule has 0 aliphatic carbocycles. The Morgan fingerprint density at radius 2 is 2.05 bits per heavy atom. The maximum atomic E-state index is 11.7. The molecule has 1 aliphatic rings. The van der Waals surface area contributed by atoms with Gasteiger partial charge in [-0.15, -0.1) is 0 Å². The summed E-state index contributed by atoms with van der Waals surface area (Å²) in [6.07, 6.45) is 3.73. The fourth-order valence-electron chi connectivity index (χ4n) is 2.18. The number of hydrogen-bond acceptors (Lipinski definition) is 4. The lowest BCUT2D eigenvalue weighted by Gasteiger charge is -2.33. The van der Waals surface area contributed by atoms with Crippen molar-refractivity contribution in [2.45, 2.75) is 44.4 Å². The predicted octanol–water partition coefficient (Wildman–Crippen LogP) is 1.91. The maximum absolute atomic E-state index is 11.7. The highest BCUT2D eigenvalue weighted by Gasteiger charge is 2.24. The normalized spacial score (nSPS) is 17.3. The van der Waals surface area contributed by atoms with Crippen LogP contribution in [0, 0.1) is 0 Å². The van der Waals surface area contributed by atoms with Crippen LogP contribution in [0.3, 0.4) is 0 Å². The van der Waals surface area contributed by atoms with Crippen LogP contribution in [-0.2, 0) is 4.74 Å². The number of carbonyl (C=O) groups is 1. The van der Waals surface area contributed by atoms with Gasteiger partial charge in [0.25, 0.3) is 0 Å². The zero-order valence-corrected chi connectivity index (χ0v) is 15.3. The first-order valence-electron chi connectivity index (χ1n) is 7.86. The molecule has 0 aromatic carbocycles. The van der Waals surface area contributed by atoms with Gasteiger partial charge in [0.1, 0.15) is 0 Å². The molecule has 0 radical (unpaired) electrons. The van der Waals surface area contributed by atoms with Crippen molar-refractivity contribution < 1.29 is 9.53 Å². The Balaban J connectivity index is 2.37. The van der Waals surface area contributed by atoms with Gasteiger partial charge in [0, 0.05) is 37.5 Å². The van der Waals surface area contributed by atoms with Crippen molar-refractivity contribution in [3.63, 3.8) is 0 Å². The zero-order chi connectivity index (χ0) is 16.6. The highest BCUT2D eigenvalue weighted by Crippen LogP contribution is 2.19. The van der Waals surface area contributed by atoms with Crippen LogP contribution in [0.5, 0.6) is 0 Å². The lowest BCUT2D eigenvalue weighted by Crippen LogP contribution is -2.51. The average Bonchev–Trinajstić information content (AvgIpc) is 2.52. The molecule has 0 aromatic heterocycles. The number of ether oxygens (including phenoxy) is 1. The molecule has 1 saturated heterocycles. The fourth-order valence-corrected chi connectivity index (χ4v) is 2.39. The van der Waals surface area contributed by atoms with E-state index in [-0.39, 0.29) is 10.8 Å². The van der Waals surface area contributed by atoms with Crippen LogP contribution in [0.15, 0.2) is 4.99 Å². The summed E-state index contributed by atoms with van der Waals surface area (Å²) < 4.78 is 5.21. The minimum Gasteiger partial charge on any atom is -0.450 e. The maximum Gasteiger partial charge on any atom is 0.409 e. The van der Waals surface area contributed by atoms with E-state index in [1.54, 1.807) is 11.9 Å². The predicted molar refractivity (Wildman–Crippen MR) is 93.7 cm³/mol. The molecule has 2 N–H and O–H groups in total. The number of rotatable bonds is 5. The van der Waals surface area contributed by atoms with Gasteiger partial charge in [0.15, 0.2) is 5.96 Å². The minimum absolute atomic E-state index is 0.172. The van der Waals surface area contributed by atoms with Crippen LogP contribution >= 0.6 is 11.8 Å². The summed E-state index contributed by atoms with van der Waals surface area (Å²) in [7, 11) is 1.79. The van der Waals surface area contributed by atoms with Gasteiger partial charge < -0.3 is 20.3 Å². The van der Waals surface area contributed by atoms with E-state index in [0.717, 1.165) is 38.4 Å². The Labute approximate surface area is 138 Å². The molecule has 6 nitrogen and oxygen atoms in total. The molecule has 0 atom stereocenters. The third-order valence-electron chi connectivity index (χ3n) is 3.82. The standard InChI is InChI=1S/C15H30N4O2S/c1-6-21-14(20)19-9-7-12(8-10-19)18-13(16-4)17-11-15(2,3)22-5/h12H,6-11H2,1-5H3,(H2,16,17,18). The first-order chi connectivity index (χ1) is 10.4. The molecule has 0 unspecified atom stereocenters. The molecule has 0 aromatic rings. The summed E-state index contributed by atoms with van der Waals surface area (Å²) in [5.74, 6) is 0.830. The molecule has 1 aliphatic heterocycles. The molecular weight excluding hydrogens is 300 g/mol. The summed E-state index contributed by atoms with van der Waals surface area (Å²) in [6.45, 7) is 8.98. The van der Waals surface area contributed by atoms with Gasteiger partial charge in [0.05, 0.1) is 6.61 Å². The molecule has 0 spiro atoms. The van der Waals surface area contributed by atoms with Gasteiger partial charge in [0.2, 0.25) is 0 Å². The van der Waals surface area contributed by atoms with Crippen molar-refractivity contribution in [2.24, 2.45) is 4.99 Å². The fraction of sp³-hybridized carbons (Fsp3) is 0.867. The number of guanidine groups is 1. The van der Waals surface area contributed by atoms with E-state index in [4.69, 9.17) is 4.74 Å². The lowest BCUT2D eigenvalue weighted by molar-refractivity contribution is 0.0963. The first kappa shape index (κ1) is 18.9. The van der Waals surface area contributed by atoms with Gasteiger partial charge in [-0.1, -0.05) is 0 Å². The smallest absolute Gasteiger partial charge is 0.409 e. The Hall–Kier alpha value is -1.11. The zero-order valence-electron chi connectivity index (χ0n) is 14.4. The van der Waals surface area contributed by atoms with E-state index >= 15 is 0 Å². The second-order valence-corrected chi connectivity index (χ2v) is 7.51. The Morgan fingerprint density at radius 3 is 2.55 bits per heavy atom. The van der Waals surface area contributed by atoms with Crippen molar-refractivity contribution in [3.05, 3.63) is 0 Å². The monoisotopic (exact) mass is 330 g/mol. The summed E-state index contributed by atoms with van der Waals surface area (Å²) in [5, 5.41) is 6.82. The number of nitrogens with zero attached hydrogens (tertiary/aromatic N) is 2. The highest BCUT2D eigenvalue weighted by atomic mass is 32.2. The summed E-state index contributed by atoms with van der Waals surface area (Å²) in [6, 6.07) is 0.342. The molecular formula is C15H30N4O2S. The molecule has 22 heavy (non-hydrogen) atoms. The molecule has 128 valence electrons. The van der Waals surface area contributed by atoms with E-state index < -0.39 is 0 Å². The van der Waals surface area contributed by atoms with Crippen molar-refractivity contribution in [3.8, 4) is 0 Å². The SMILES string of the molecule is CCOC(=O)N1CCC(NC(=NC)NCC(C)(C)SC)CC1. The van der Waals surface area contributed by atoms with E-state index in [0.29, 0.717) is 12.6 Å². The summed E-state index contributed by atoms with van der Waals surface area (Å²) in [4.78, 5) is 17.7. The van der Waals surface area contributed by atoms with Gasteiger partial charge in [-0.2, -0.15) is 11.8 Å². The van der Waals surface area contributed by atoms with E-state index in [1.165, 1.54) is 0 Å². The topological polar surface area (TPSA) is 66.0 Å². The van der Waals surface area contributed by atoms with Crippen LogP contribution in [0.4, 0.5) is 4.79 Å². The Morgan fingerprint density at radius 1 is 1.41 bits per heavy atom. The third-order valence-corrected chi connectivity index (χ3v) is 5.07. The number of hydrogen-bond donors (Lipinski definition) is 2. The summed E-state index contributed by atoms with van der Waals surface area (Å²) >= 11 is 1.83. The summed E-state index contributed by atoms with van der Waals surface area (Å²) in [5.41, 5.74) is 0. The van der Waals surface area contributed by atoms with Crippen molar-refractivity contribution in [1.82, 2.24) is 15.5 Å². The van der Waals surface area contributed by atoms with Gasteiger partial charge in [-0.05, 0) is 39.9 Å².